The first-order valence-corrected chi connectivity index (χ1v) is 6.65. The average Bonchev–Trinajstić information content (AvgIpc) is 2.62. The van der Waals surface area contributed by atoms with Crippen molar-refractivity contribution in [1.82, 2.24) is 0 Å². The Morgan fingerprint density at radius 1 is 0.760 bits per heavy atom. The zero-order valence-electron chi connectivity index (χ0n) is 13.0. The van der Waals surface area contributed by atoms with Crippen molar-refractivity contribution in [2.75, 3.05) is 19.8 Å². The summed E-state index contributed by atoms with van der Waals surface area (Å²) < 4.78 is 0. The molecule has 0 fully saturated rings. The van der Waals surface area contributed by atoms with Gasteiger partial charge in [0.1, 0.15) is 49.3 Å². The number of hydrogen-bond acceptors (Lipinski definition) is 12. The molecular formula is C12H26O13. The number of rotatable bonds is 10. The molecule has 0 unspecified atom stereocenters. The maximum Gasteiger partial charge on any atom is 0.189 e. The van der Waals surface area contributed by atoms with E-state index >= 15 is 0 Å². The first kappa shape index (κ1) is 28.7. The molecule has 0 amide bonds. The molecule has 0 heterocycles. The van der Waals surface area contributed by atoms with E-state index in [1.165, 1.54) is 0 Å². The third-order valence-electron chi connectivity index (χ3n) is 2.81. The van der Waals surface area contributed by atoms with E-state index in [9.17, 15) is 9.59 Å². The van der Waals surface area contributed by atoms with Crippen molar-refractivity contribution in [3.63, 3.8) is 0 Å². The van der Waals surface area contributed by atoms with Crippen LogP contribution in [-0.4, -0.2) is 131 Å². The smallest absolute Gasteiger partial charge is 0.189 e. The molecule has 0 saturated carbocycles. The topological polar surface area (TPSA) is 268 Å². The summed E-state index contributed by atoms with van der Waals surface area (Å²) in [6, 6.07) is 0. The van der Waals surface area contributed by atoms with Gasteiger partial charge in [-0.1, -0.05) is 0 Å². The van der Waals surface area contributed by atoms with E-state index in [2.05, 4.69) is 0 Å². The Labute approximate surface area is 142 Å². The average molecular weight is 378 g/mol. The summed E-state index contributed by atoms with van der Waals surface area (Å²) in [4.78, 5) is 20.4. The van der Waals surface area contributed by atoms with Crippen LogP contribution in [0.1, 0.15) is 0 Å². The third-order valence-corrected chi connectivity index (χ3v) is 2.81. The highest BCUT2D eigenvalue weighted by molar-refractivity contribution is 5.84. The Hall–Kier alpha value is -1.10. The number of aldehydes is 1. The van der Waals surface area contributed by atoms with Gasteiger partial charge in [-0.25, -0.2) is 0 Å². The van der Waals surface area contributed by atoms with Gasteiger partial charge >= 0.3 is 0 Å². The molecule has 0 aliphatic carbocycles. The summed E-state index contributed by atoms with van der Waals surface area (Å²) in [6.45, 7) is -2.45. The normalized spacial score (nSPS) is 19.0. The molecule has 0 aromatic heterocycles. The van der Waals surface area contributed by atoms with Crippen LogP contribution in [0.15, 0.2) is 0 Å². The van der Waals surface area contributed by atoms with Gasteiger partial charge in [0.05, 0.1) is 13.2 Å². The van der Waals surface area contributed by atoms with Crippen LogP contribution in [0.3, 0.4) is 0 Å². The van der Waals surface area contributed by atoms with Crippen molar-refractivity contribution in [3.05, 3.63) is 0 Å². The molecule has 12 N–H and O–H groups in total. The van der Waals surface area contributed by atoms with Gasteiger partial charge in [0.25, 0.3) is 0 Å². The van der Waals surface area contributed by atoms with Gasteiger partial charge in [-0.15, -0.1) is 0 Å². The summed E-state index contributed by atoms with van der Waals surface area (Å²) in [7, 11) is 0. The molecular weight excluding hydrogens is 352 g/mol. The molecule has 0 rings (SSSR count). The number of aliphatic hydroxyl groups is 10. The summed E-state index contributed by atoms with van der Waals surface area (Å²) >= 11 is 0. The molecule has 0 aliphatic rings. The number of Topliss-reactive ketones (excluding diaryl/α,β-unsaturated/α-hetero) is 1. The second-order valence-electron chi connectivity index (χ2n) is 4.67. The lowest BCUT2D eigenvalue weighted by atomic mass is 10.0. The van der Waals surface area contributed by atoms with Crippen LogP contribution < -0.4 is 0 Å². The molecule has 13 nitrogen and oxygen atoms in total. The molecule has 0 bridgehead atoms. The molecule has 7 atom stereocenters. The van der Waals surface area contributed by atoms with Crippen LogP contribution in [0.2, 0.25) is 0 Å². The van der Waals surface area contributed by atoms with Gasteiger partial charge < -0.3 is 61.3 Å². The highest BCUT2D eigenvalue weighted by Crippen LogP contribution is 2.03. The van der Waals surface area contributed by atoms with Gasteiger partial charge in [-0.2, -0.15) is 0 Å². The Morgan fingerprint density at radius 2 is 1.16 bits per heavy atom. The molecule has 0 aromatic carbocycles. The minimum atomic E-state index is -1.86. The van der Waals surface area contributed by atoms with Crippen molar-refractivity contribution in [2.45, 2.75) is 42.7 Å². The highest BCUT2D eigenvalue weighted by atomic mass is 16.4. The third kappa shape index (κ3) is 10.5. The van der Waals surface area contributed by atoms with Crippen molar-refractivity contribution >= 4 is 12.1 Å². The number of hydrogen-bond donors (Lipinski definition) is 10. The zero-order valence-corrected chi connectivity index (χ0v) is 13.0. The molecule has 25 heavy (non-hydrogen) atoms. The first-order valence-electron chi connectivity index (χ1n) is 6.65. The Kier molecular flexibility index (Phi) is 17.4. The number of carbonyl (C=O) groups excluding carboxylic acids is 2. The van der Waals surface area contributed by atoms with E-state index in [1.807, 2.05) is 0 Å². The van der Waals surface area contributed by atoms with Gasteiger partial charge in [0.15, 0.2) is 12.1 Å². The van der Waals surface area contributed by atoms with Crippen LogP contribution in [-0.2, 0) is 9.59 Å². The van der Waals surface area contributed by atoms with E-state index in [0.717, 1.165) is 0 Å². The van der Waals surface area contributed by atoms with Gasteiger partial charge in [0, 0.05) is 0 Å². The molecule has 152 valence electrons. The van der Waals surface area contributed by atoms with Crippen molar-refractivity contribution in [3.8, 4) is 0 Å². The predicted molar refractivity (Wildman–Crippen MR) is 78.0 cm³/mol. The van der Waals surface area contributed by atoms with E-state index in [1.54, 1.807) is 0 Å². The first-order chi connectivity index (χ1) is 11.1. The fourth-order valence-corrected chi connectivity index (χ4v) is 1.22. The van der Waals surface area contributed by atoms with Crippen molar-refractivity contribution in [2.24, 2.45) is 0 Å². The lowest BCUT2D eigenvalue weighted by Crippen LogP contribution is -2.46. The molecule has 0 aliphatic heterocycles. The fraction of sp³-hybridized carbons (Fsp3) is 0.833. The largest absolute Gasteiger partial charge is 0.412 e. The van der Waals surface area contributed by atoms with Crippen molar-refractivity contribution in [1.29, 1.82) is 0 Å². The van der Waals surface area contributed by atoms with Crippen LogP contribution in [0.25, 0.3) is 0 Å². The Balaban J connectivity index is -0.000000372. The summed E-state index contributed by atoms with van der Waals surface area (Å²) in [5, 5.41) is 86.6. The molecule has 0 saturated heterocycles. The zero-order chi connectivity index (χ0) is 19.4. The lowest BCUT2D eigenvalue weighted by Gasteiger charge is -2.22. The van der Waals surface area contributed by atoms with Gasteiger partial charge in [-0.05, 0) is 0 Å². The van der Waals surface area contributed by atoms with Crippen LogP contribution in [0, 0.1) is 0 Å². The van der Waals surface area contributed by atoms with Gasteiger partial charge in [0.2, 0.25) is 0 Å². The van der Waals surface area contributed by atoms with E-state index < -0.39 is 68.3 Å². The van der Waals surface area contributed by atoms with Crippen LogP contribution >= 0.6 is 0 Å². The number of carbonyl (C=O) groups is 2. The monoisotopic (exact) mass is 378 g/mol. The Morgan fingerprint density at radius 3 is 1.48 bits per heavy atom. The second kappa shape index (κ2) is 15.2. The van der Waals surface area contributed by atoms with Gasteiger partial charge in [-0.3, -0.25) is 4.79 Å². The maximum absolute atomic E-state index is 10.5. The maximum atomic E-state index is 10.5. The highest BCUT2D eigenvalue weighted by Gasteiger charge is 2.30. The van der Waals surface area contributed by atoms with Crippen molar-refractivity contribution < 1.29 is 66.1 Å². The SMILES string of the molecule is O.O=C(CO)[C@@H](O)[C@H](O)[C@H](O)CO.O=C[C@H](O)[C@@H](O)[C@H](O)[C@H](O)CO. The summed E-state index contributed by atoms with van der Waals surface area (Å²) in [5.41, 5.74) is 0. The summed E-state index contributed by atoms with van der Waals surface area (Å²) in [6.07, 6.45) is -12.1. The van der Waals surface area contributed by atoms with Crippen LogP contribution in [0.4, 0.5) is 0 Å². The van der Waals surface area contributed by atoms with Crippen LogP contribution in [0.5, 0.6) is 0 Å². The predicted octanol–water partition coefficient (Wildman–Crippen LogP) is -7.58. The standard InChI is InChI=1S/2C6H12O6.H2O/c2*7-1-3(9)5(11)6(12)4(10)2-8;/h3,5-9,11-12H,1-2H2;1,3-6,8-12H,2H2;1H2/t3-,5-,6-;3-,4+,5+,6+;/m10./s1. The second-order valence-corrected chi connectivity index (χ2v) is 4.67. The van der Waals surface area contributed by atoms with E-state index in [-0.39, 0.29) is 11.8 Å². The molecule has 13 heteroatoms. The Bertz CT molecular complexity index is 352. The minimum Gasteiger partial charge on any atom is -0.412 e. The minimum absolute atomic E-state index is 0. The quantitative estimate of drug-likeness (QED) is 0.159. The molecule has 0 aromatic rings. The molecule has 0 radical (unpaired) electrons. The molecule has 0 spiro atoms. The van der Waals surface area contributed by atoms with E-state index in [4.69, 9.17) is 51.1 Å². The summed E-state index contributed by atoms with van der Waals surface area (Å²) in [5.74, 6) is -1.00. The number of aliphatic hydroxyl groups excluding tert-OH is 10. The van der Waals surface area contributed by atoms with E-state index in [0.29, 0.717) is 0 Å². The fourth-order valence-electron chi connectivity index (χ4n) is 1.22. The number of ketones is 1. The lowest BCUT2D eigenvalue weighted by molar-refractivity contribution is -0.142.